The van der Waals surface area contributed by atoms with Crippen LogP contribution in [0.3, 0.4) is 0 Å². The van der Waals surface area contributed by atoms with Crippen LogP contribution in [0.25, 0.3) is 11.0 Å². The maximum atomic E-state index is 9.23. The number of aromatic hydroxyl groups is 1. The van der Waals surface area contributed by atoms with Crippen molar-refractivity contribution in [2.24, 2.45) is 0 Å². The topological polar surface area (TPSA) is 33.4 Å². The van der Waals surface area contributed by atoms with E-state index in [4.69, 9.17) is 16.0 Å². The molecule has 1 aromatic carbocycles. The van der Waals surface area contributed by atoms with Crippen molar-refractivity contribution < 1.29 is 9.52 Å². The zero-order chi connectivity index (χ0) is 7.84. The van der Waals surface area contributed by atoms with E-state index in [0.717, 1.165) is 5.39 Å². The van der Waals surface area contributed by atoms with E-state index in [1.54, 1.807) is 18.2 Å². The first-order chi connectivity index (χ1) is 5.29. The van der Waals surface area contributed by atoms with Crippen molar-refractivity contribution in [3.8, 4) is 5.75 Å². The Morgan fingerprint density at radius 3 is 2.91 bits per heavy atom. The summed E-state index contributed by atoms with van der Waals surface area (Å²) in [5.41, 5.74) is 0.442. The van der Waals surface area contributed by atoms with Crippen LogP contribution in [0.4, 0.5) is 0 Å². The van der Waals surface area contributed by atoms with Gasteiger partial charge in [-0.3, -0.25) is 0 Å². The fraction of sp³-hybridized carbons (Fsp3) is 0. The van der Waals surface area contributed by atoms with Crippen molar-refractivity contribution in [2.75, 3.05) is 0 Å². The second kappa shape index (κ2) is 2.17. The monoisotopic (exact) mass is 168 g/mol. The van der Waals surface area contributed by atoms with Gasteiger partial charge in [-0.15, -0.1) is 0 Å². The Kier molecular flexibility index (Phi) is 1.29. The van der Waals surface area contributed by atoms with Crippen LogP contribution in [-0.4, -0.2) is 5.11 Å². The van der Waals surface area contributed by atoms with E-state index in [9.17, 15) is 5.11 Å². The Bertz CT molecular complexity index is 392. The Hall–Kier alpha value is -1.15. The number of furan rings is 1. The lowest BCUT2D eigenvalue weighted by molar-refractivity contribution is 0.465. The van der Waals surface area contributed by atoms with E-state index >= 15 is 0 Å². The minimum absolute atomic E-state index is 0.120. The minimum Gasteiger partial charge on any atom is -0.504 e. The van der Waals surface area contributed by atoms with Gasteiger partial charge in [0.25, 0.3) is 0 Å². The molecular formula is C8H5ClO2. The molecule has 11 heavy (non-hydrogen) atoms. The van der Waals surface area contributed by atoms with E-state index in [1.165, 1.54) is 6.26 Å². The molecule has 0 radical (unpaired) electrons. The molecule has 3 heteroatoms. The normalized spacial score (nSPS) is 10.6. The van der Waals surface area contributed by atoms with Crippen LogP contribution in [0, 0.1) is 0 Å². The van der Waals surface area contributed by atoms with E-state index < -0.39 is 0 Å². The van der Waals surface area contributed by atoms with Gasteiger partial charge in [-0.25, -0.2) is 0 Å². The number of halogens is 1. The van der Waals surface area contributed by atoms with Crippen LogP contribution in [0.1, 0.15) is 0 Å². The summed E-state index contributed by atoms with van der Waals surface area (Å²) in [7, 11) is 0. The lowest BCUT2D eigenvalue weighted by Crippen LogP contribution is -1.65. The third-order valence-electron chi connectivity index (χ3n) is 1.53. The number of phenols is 1. The zero-order valence-electron chi connectivity index (χ0n) is 5.54. The van der Waals surface area contributed by atoms with Gasteiger partial charge in [-0.2, -0.15) is 0 Å². The molecule has 0 aliphatic rings. The Balaban J connectivity index is 2.94. The number of para-hydroxylation sites is 1. The summed E-state index contributed by atoms with van der Waals surface area (Å²) in [6, 6.07) is 5.07. The summed E-state index contributed by atoms with van der Waals surface area (Å²) >= 11 is 5.74. The van der Waals surface area contributed by atoms with Crippen LogP contribution in [-0.2, 0) is 0 Å². The smallest absolute Gasteiger partial charge is 0.177 e. The predicted molar refractivity (Wildman–Crippen MR) is 42.9 cm³/mol. The molecule has 0 bridgehead atoms. The lowest BCUT2D eigenvalue weighted by atomic mass is 10.2. The zero-order valence-corrected chi connectivity index (χ0v) is 6.30. The Morgan fingerprint density at radius 2 is 2.18 bits per heavy atom. The van der Waals surface area contributed by atoms with Gasteiger partial charge < -0.3 is 9.52 Å². The van der Waals surface area contributed by atoms with Gasteiger partial charge in [-0.1, -0.05) is 17.7 Å². The van der Waals surface area contributed by atoms with E-state index in [2.05, 4.69) is 0 Å². The third kappa shape index (κ3) is 0.870. The Morgan fingerprint density at radius 1 is 1.36 bits per heavy atom. The summed E-state index contributed by atoms with van der Waals surface area (Å²) in [6.07, 6.45) is 1.41. The molecule has 1 heterocycles. The molecule has 0 spiro atoms. The SMILES string of the molecule is Oc1cccc2c(Cl)coc12. The molecule has 0 saturated heterocycles. The standard InChI is InChI=1S/C8H5ClO2/c9-6-4-11-8-5(6)2-1-3-7(8)10/h1-4,10H. The van der Waals surface area contributed by atoms with Crippen molar-refractivity contribution in [3.63, 3.8) is 0 Å². The minimum atomic E-state index is 0.120. The molecule has 0 aliphatic carbocycles. The van der Waals surface area contributed by atoms with Crippen LogP contribution in [0.2, 0.25) is 5.02 Å². The fourth-order valence-corrected chi connectivity index (χ4v) is 1.20. The maximum Gasteiger partial charge on any atom is 0.177 e. The van der Waals surface area contributed by atoms with Crippen molar-refractivity contribution in [1.82, 2.24) is 0 Å². The summed E-state index contributed by atoms with van der Waals surface area (Å²) in [4.78, 5) is 0. The highest BCUT2D eigenvalue weighted by molar-refractivity contribution is 6.35. The second-order valence-electron chi connectivity index (χ2n) is 2.24. The first-order valence-electron chi connectivity index (χ1n) is 3.14. The van der Waals surface area contributed by atoms with Crippen LogP contribution in [0.5, 0.6) is 5.75 Å². The molecule has 1 aromatic heterocycles. The van der Waals surface area contributed by atoms with Crippen LogP contribution in [0.15, 0.2) is 28.9 Å². The largest absolute Gasteiger partial charge is 0.504 e. The summed E-state index contributed by atoms with van der Waals surface area (Å²) in [5.74, 6) is 0.120. The third-order valence-corrected chi connectivity index (χ3v) is 1.82. The first kappa shape index (κ1) is 6.55. The number of fused-ring (bicyclic) bond motifs is 1. The number of phenolic OH excluding ortho intramolecular Hbond substituents is 1. The molecule has 0 saturated carbocycles. The van der Waals surface area contributed by atoms with Gasteiger partial charge in [0.05, 0.1) is 5.02 Å². The molecule has 2 rings (SSSR count). The molecule has 0 unspecified atom stereocenters. The van der Waals surface area contributed by atoms with Gasteiger partial charge in [0.15, 0.2) is 11.3 Å². The predicted octanol–water partition coefficient (Wildman–Crippen LogP) is 2.79. The summed E-state index contributed by atoms with van der Waals surface area (Å²) < 4.78 is 5.00. The molecule has 2 nitrogen and oxygen atoms in total. The quantitative estimate of drug-likeness (QED) is 0.656. The van der Waals surface area contributed by atoms with E-state index in [0.29, 0.717) is 10.6 Å². The number of hydrogen-bond acceptors (Lipinski definition) is 2. The van der Waals surface area contributed by atoms with Gasteiger partial charge in [-0.05, 0) is 12.1 Å². The second-order valence-corrected chi connectivity index (χ2v) is 2.64. The fourth-order valence-electron chi connectivity index (χ4n) is 1.01. The lowest BCUT2D eigenvalue weighted by Gasteiger charge is -1.90. The molecule has 0 fully saturated rings. The number of rotatable bonds is 0. The molecule has 1 N–H and O–H groups in total. The average molecular weight is 169 g/mol. The van der Waals surface area contributed by atoms with Gasteiger partial charge >= 0.3 is 0 Å². The Labute approximate surface area is 68.0 Å². The van der Waals surface area contributed by atoms with E-state index in [-0.39, 0.29) is 5.75 Å². The van der Waals surface area contributed by atoms with Gasteiger partial charge in [0, 0.05) is 5.39 Å². The molecule has 2 aromatic rings. The molecule has 0 atom stereocenters. The van der Waals surface area contributed by atoms with Crippen molar-refractivity contribution >= 4 is 22.6 Å². The maximum absolute atomic E-state index is 9.23. The van der Waals surface area contributed by atoms with Crippen molar-refractivity contribution in [2.45, 2.75) is 0 Å². The van der Waals surface area contributed by atoms with Gasteiger partial charge in [0.2, 0.25) is 0 Å². The number of benzene rings is 1. The molecular weight excluding hydrogens is 164 g/mol. The summed E-state index contributed by atoms with van der Waals surface area (Å²) in [5, 5.41) is 10.5. The van der Waals surface area contributed by atoms with Crippen molar-refractivity contribution in [3.05, 3.63) is 29.5 Å². The highest BCUT2D eigenvalue weighted by atomic mass is 35.5. The van der Waals surface area contributed by atoms with E-state index in [1.807, 2.05) is 0 Å². The van der Waals surface area contributed by atoms with Crippen molar-refractivity contribution in [1.29, 1.82) is 0 Å². The van der Waals surface area contributed by atoms with Crippen LogP contribution >= 0.6 is 11.6 Å². The van der Waals surface area contributed by atoms with Crippen LogP contribution < -0.4 is 0 Å². The molecule has 56 valence electrons. The molecule has 0 amide bonds. The summed E-state index contributed by atoms with van der Waals surface area (Å²) in [6.45, 7) is 0. The first-order valence-corrected chi connectivity index (χ1v) is 3.51. The number of hydrogen-bond donors (Lipinski definition) is 1. The highest BCUT2D eigenvalue weighted by Gasteiger charge is 2.05. The highest BCUT2D eigenvalue weighted by Crippen LogP contribution is 2.31. The average Bonchev–Trinajstić information content (AvgIpc) is 2.35. The molecule has 0 aliphatic heterocycles. The van der Waals surface area contributed by atoms with Gasteiger partial charge in [0.1, 0.15) is 6.26 Å².